The van der Waals surface area contributed by atoms with Crippen molar-refractivity contribution in [3.8, 4) is 0 Å². The lowest BCUT2D eigenvalue weighted by molar-refractivity contribution is 0.473. The predicted octanol–water partition coefficient (Wildman–Crippen LogP) is 0.956. The Bertz CT molecular complexity index is 709. The van der Waals surface area contributed by atoms with Crippen molar-refractivity contribution in [2.75, 3.05) is 13.1 Å². The van der Waals surface area contributed by atoms with E-state index in [0.717, 1.165) is 5.39 Å². The molecule has 0 aliphatic carbocycles. The molecule has 2 heterocycles. The van der Waals surface area contributed by atoms with Gasteiger partial charge < -0.3 is 5.73 Å². The molecule has 6 heteroatoms. The van der Waals surface area contributed by atoms with Crippen molar-refractivity contribution >= 4 is 20.9 Å². The van der Waals surface area contributed by atoms with Crippen molar-refractivity contribution < 1.29 is 8.42 Å². The molecule has 1 atom stereocenters. The maximum atomic E-state index is 12.6. The summed E-state index contributed by atoms with van der Waals surface area (Å²) in [5.74, 6) is 0. The van der Waals surface area contributed by atoms with E-state index in [1.165, 1.54) is 4.31 Å². The Morgan fingerprint density at radius 1 is 1.26 bits per heavy atom. The van der Waals surface area contributed by atoms with Crippen molar-refractivity contribution in [2.24, 2.45) is 5.73 Å². The summed E-state index contributed by atoms with van der Waals surface area (Å²) < 4.78 is 26.7. The fourth-order valence-electron chi connectivity index (χ4n) is 2.40. The zero-order valence-corrected chi connectivity index (χ0v) is 11.2. The van der Waals surface area contributed by atoms with Crippen LogP contribution in [0.15, 0.2) is 41.4 Å². The number of aromatic nitrogens is 1. The first-order valence-electron chi connectivity index (χ1n) is 6.18. The second-order valence-corrected chi connectivity index (χ2v) is 6.65. The van der Waals surface area contributed by atoms with Gasteiger partial charge in [-0.2, -0.15) is 4.31 Å². The summed E-state index contributed by atoms with van der Waals surface area (Å²) >= 11 is 0. The first-order valence-corrected chi connectivity index (χ1v) is 7.62. The van der Waals surface area contributed by atoms with Gasteiger partial charge in [0, 0.05) is 30.7 Å². The lowest BCUT2D eigenvalue weighted by Gasteiger charge is -2.16. The number of hydrogen-bond donors (Lipinski definition) is 1. The number of hydrogen-bond acceptors (Lipinski definition) is 4. The Balaban J connectivity index is 2.14. The zero-order valence-electron chi connectivity index (χ0n) is 10.4. The number of sulfonamides is 1. The standard InChI is InChI=1S/C13H15N3O2S/c14-11-6-8-16(9-11)19(17,18)12-5-1-3-10-4-2-7-15-13(10)12/h1-5,7,11H,6,8-9,14H2. The molecule has 0 bridgehead atoms. The number of benzene rings is 1. The van der Waals surface area contributed by atoms with Crippen LogP contribution in [0.1, 0.15) is 6.42 Å². The van der Waals surface area contributed by atoms with E-state index < -0.39 is 10.0 Å². The normalized spacial score (nSPS) is 21.0. The number of nitrogens with zero attached hydrogens (tertiary/aromatic N) is 2. The molecule has 2 aromatic rings. The quantitative estimate of drug-likeness (QED) is 0.887. The molecular weight excluding hydrogens is 262 g/mol. The van der Waals surface area contributed by atoms with Gasteiger partial charge in [0.25, 0.3) is 0 Å². The average molecular weight is 277 g/mol. The highest BCUT2D eigenvalue weighted by Crippen LogP contribution is 2.26. The summed E-state index contributed by atoms with van der Waals surface area (Å²) in [7, 11) is -3.51. The van der Waals surface area contributed by atoms with Crippen molar-refractivity contribution in [2.45, 2.75) is 17.4 Å². The van der Waals surface area contributed by atoms with Gasteiger partial charge in [0.15, 0.2) is 0 Å². The third kappa shape index (κ3) is 2.11. The number of fused-ring (bicyclic) bond motifs is 1. The fraction of sp³-hybridized carbons (Fsp3) is 0.308. The topological polar surface area (TPSA) is 76.3 Å². The van der Waals surface area contributed by atoms with E-state index in [1.807, 2.05) is 12.1 Å². The Hall–Kier alpha value is -1.50. The van der Waals surface area contributed by atoms with Crippen LogP contribution < -0.4 is 5.73 Å². The average Bonchev–Trinajstić information content (AvgIpc) is 2.85. The summed E-state index contributed by atoms with van der Waals surface area (Å²) in [5, 5.41) is 0.826. The molecule has 1 aliphatic rings. The summed E-state index contributed by atoms with van der Waals surface area (Å²) in [6, 6.07) is 8.79. The maximum absolute atomic E-state index is 12.6. The Kier molecular flexibility index (Phi) is 3.00. The van der Waals surface area contributed by atoms with Gasteiger partial charge in [-0.15, -0.1) is 0 Å². The van der Waals surface area contributed by atoms with Crippen LogP contribution in [0.5, 0.6) is 0 Å². The molecule has 1 fully saturated rings. The van der Waals surface area contributed by atoms with Gasteiger partial charge in [-0.25, -0.2) is 8.42 Å². The molecule has 0 radical (unpaired) electrons. The summed E-state index contributed by atoms with van der Waals surface area (Å²) in [6.07, 6.45) is 2.31. The molecule has 0 amide bonds. The molecule has 3 rings (SSSR count). The molecule has 100 valence electrons. The molecule has 5 nitrogen and oxygen atoms in total. The summed E-state index contributed by atoms with van der Waals surface area (Å²) in [5.41, 5.74) is 6.31. The molecule has 1 unspecified atom stereocenters. The van der Waals surface area contributed by atoms with Crippen molar-refractivity contribution in [1.29, 1.82) is 0 Å². The smallest absolute Gasteiger partial charge is 0.245 e. The number of nitrogens with two attached hydrogens (primary N) is 1. The minimum absolute atomic E-state index is 0.0716. The molecule has 1 aliphatic heterocycles. The zero-order chi connectivity index (χ0) is 13.5. The van der Waals surface area contributed by atoms with E-state index in [2.05, 4.69) is 4.98 Å². The van der Waals surface area contributed by atoms with Crippen LogP contribution >= 0.6 is 0 Å². The predicted molar refractivity (Wildman–Crippen MR) is 73.1 cm³/mol. The molecular formula is C13H15N3O2S. The minimum Gasteiger partial charge on any atom is -0.326 e. The van der Waals surface area contributed by atoms with Gasteiger partial charge in [-0.05, 0) is 18.6 Å². The number of rotatable bonds is 2. The van der Waals surface area contributed by atoms with Crippen molar-refractivity contribution in [1.82, 2.24) is 9.29 Å². The molecule has 1 aromatic carbocycles. The summed E-state index contributed by atoms with van der Waals surface area (Å²) in [6.45, 7) is 0.859. The lowest BCUT2D eigenvalue weighted by atomic mass is 10.2. The molecule has 1 aromatic heterocycles. The molecule has 1 saturated heterocycles. The van der Waals surface area contributed by atoms with Gasteiger partial charge in [-0.3, -0.25) is 4.98 Å². The van der Waals surface area contributed by atoms with Crippen LogP contribution in [-0.2, 0) is 10.0 Å². The van der Waals surface area contributed by atoms with Crippen LogP contribution in [0, 0.1) is 0 Å². The van der Waals surface area contributed by atoms with E-state index in [4.69, 9.17) is 5.73 Å². The molecule has 19 heavy (non-hydrogen) atoms. The van der Waals surface area contributed by atoms with Gasteiger partial charge in [0.1, 0.15) is 4.90 Å². The first kappa shape index (κ1) is 12.5. The third-order valence-electron chi connectivity index (χ3n) is 3.40. The maximum Gasteiger partial charge on any atom is 0.245 e. The van der Waals surface area contributed by atoms with E-state index in [-0.39, 0.29) is 10.9 Å². The van der Waals surface area contributed by atoms with E-state index in [1.54, 1.807) is 24.4 Å². The van der Waals surface area contributed by atoms with E-state index in [0.29, 0.717) is 25.0 Å². The largest absolute Gasteiger partial charge is 0.326 e. The minimum atomic E-state index is -3.51. The van der Waals surface area contributed by atoms with Crippen molar-refractivity contribution in [3.05, 3.63) is 36.5 Å². The van der Waals surface area contributed by atoms with Crippen molar-refractivity contribution in [3.63, 3.8) is 0 Å². The fourth-order valence-corrected chi connectivity index (χ4v) is 4.07. The molecule has 0 spiro atoms. The van der Waals surface area contributed by atoms with Crippen LogP contribution in [0.2, 0.25) is 0 Å². The second kappa shape index (κ2) is 4.56. The van der Waals surface area contributed by atoms with E-state index in [9.17, 15) is 8.42 Å². The van der Waals surface area contributed by atoms with Crippen LogP contribution in [0.25, 0.3) is 10.9 Å². The van der Waals surface area contributed by atoms with Crippen LogP contribution in [0.3, 0.4) is 0 Å². The Morgan fingerprint density at radius 3 is 2.79 bits per heavy atom. The highest BCUT2D eigenvalue weighted by atomic mass is 32.2. The second-order valence-electron chi connectivity index (χ2n) is 4.74. The number of para-hydroxylation sites is 1. The van der Waals surface area contributed by atoms with Gasteiger partial charge in [0.05, 0.1) is 5.52 Å². The Morgan fingerprint density at radius 2 is 2.05 bits per heavy atom. The number of pyridine rings is 1. The van der Waals surface area contributed by atoms with E-state index >= 15 is 0 Å². The summed E-state index contributed by atoms with van der Waals surface area (Å²) in [4.78, 5) is 4.46. The lowest BCUT2D eigenvalue weighted by Crippen LogP contribution is -2.32. The first-order chi connectivity index (χ1) is 9.09. The SMILES string of the molecule is NC1CCN(S(=O)(=O)c2cccc3cccnc23)C1. The van der Waals surface area contributed by atoms with Crippen LogP contribution in [-0.4, -0.2) is 36.8 Å². The Labute approximate surface area is 112 Å². The third-order valence-corrected chi connectivity index (χ3v) is 5.30. The van der Waals surface area contributed by atoms with Crippen LogP contribution in [0.4, 0.5) is 0 Å². The van der Waals surface area contributed by atoms with Gasteiger partial charge >= 0.3 is 0 Å². The van der Waals surface area contributed by atoms with Gasteiger partial charge in [0.2, 0.25) is 10.0 Å². The van der Waals surface area contributed by atoms with Gasteiger partial charge in [-0.1, -0.05) is 18.2 Å². The molecule has 0 saturated carbocycles. The monoisotopic (exact) mass is 277 g/mol. The highest BCUT2D eigenvalue weighted by Gasteiger charge is 2.32. The highest BCUT2D eigenvalue weighted by molar-refractivity contribution is 7.89. The molecule has 2 N–H and O–H groups in total.